The lowest BCUT2D eigenvalue weighted by molar-refractivity contribution is -0.125. The topological polar surface area (TPSA) is 64.9 Å². The van der Waals surface area contributed by atoms with Gasteiger partial charge in [-0.2, -0.15) is 0 Å². The van der Waals surface area contributed by atoms with E-state index in [1.807, 2.05) is 77.5 Å². The van der Waals surface area contributed by atoms with Crippen LogP contribution in [-0.4, -0.2) is 28.0 Å². The van der Waals surface area contributed by atoms with Crippen LogP contribution in [0.5, 0.6) is 11.5 Å². The van der Waals surface area contributed by atoms with Gasteiger partial charge in [-0.3, -0.25) is 4.79 Å². The quantitative estimate of drug-likeness (QED) is 0.595. The number of carbonyl (C=O) groups is 1. The van der Waals surface area contributed by atoms with Gasteiger partial charge < -0.3 is 19.2 Å². The van der Waals surface area contributed by atoms with Gasteiger partial charge in [0.25, 0.3) is 5.91 Å². The number of imidazole rings is 1. The molecule has 1 unspecified atom stereocenters. The summed E-state index contributed by atoms with van der Waals surface area (Å²) in [7, 11) is 0. The van der Waals surface area contributed by atoms with Gasteiger partial charge in [0.05, 0.1) is 11.4 Å². The zero-order chi connectivity index (χ0) is 18.9. The maximum absolute atomic E-state index is 12.8. The first-order valence-electron chi connectivity index (χ1n) is 9.00. The van der Waals surface area contributed by atoms with E-state index < -0.39 is 6.10 Å². The summed E-state index contributed by atoms with van der Waals surface area (Å²) in [6.07, 6.45) is 3.16. The second-order valence-electron chi connectivity index (χ2n) is 6.49. The van der Waals surface area contributed by atoms with Crippen LogP contribution >= 0.6 is 0 Å². The number of nitrogens with zero attached hydrogens (tertiary/aromatic N) is 2. The summed E-state index contributed by atoms with van der Waals surface area (Å²) in [5.74, 6) is 0.963. The number of benzene rings is 2. The van der Waals surface area contributed by atoms with Gasteiger partial charge in [0, 0.05) is 18.0 Å². The van der Waals surface area contributed by atoms with Gasteiger partial charge in [0.15, 0.2) is 11.5 Å². The monoisotopic (exact) mass is 371 g/mol. The van der Waals surface area contributed by atoms with Gasteiger partial charge in [-0.15, -0.1) is 0 Å². The van der Waals surface area contributed by atoms with Gasteiger partial charge >= 0.3 is 0 Å². The van der Waals surface area contributed by atoms with Gasteiger partial charge in [-0.1, -0.05) is 36.4 Å². The summed E-state index contributed by atoms with van der Waals surface area (Å²) in [5.41, 5.74) is 3.16. The zero-order valence-corrected chi connectivity index (χ0v) is 14.9. The highest BCUT2D eigenvalue weighted by Gasteiger charge is 2.27. The lowest BCUT2D eigenvalue weighted by Crippen LogP contribution is -2.40. The van der Waals surface area contributed by atoms with Crippen molar-refractivity contribution < 1.29 is 14.3 Å². The van der Waals surface area contributed by atoms with Crippen molar-refractivity contribution in [2.24, 2.45) is 0 Å². The molecule has 2 aromatic carbocycles. The molecule has 1 amide bonds. The minimum Gasteiger partial charge on any atom is -0.485 e. The Morgan fingerprint density at radius 1 is 1.00 bits per heavy atom. The Kier molecular flexibility index (Phi) is 3.94. The Balaban J connectivity index is 1.41. The average Bonchev–Trinajstić information content (AvgIpc) is 3.18. The third-order valence-electron chi connectivity index (χ3n) is 4.63. The first-order chi connectivity index (χ1) is 13.8. The SMILES string of the molecule is O=C(Nc1ccccc1-c1cn2ccccc2n1)C1COc2ccccc2O1. The normalized spacial score (nSPS) is 15.4. The second kappa shape index (κ2) is 6.74. The first kappa shape index (κ1) is 16.4. The van der Waals surface area contributed by atoms with Crippen LogP contribution in [0.15, 0.2) is 79.1 Å². The molecule has 6 heteroatoms. The third kappa shape index (κ3) is 2.95. The third-order valence-corrected chi connectivity index (χ3v) is 4.63. The molecule has 3 heterocycles. The number of hydrogen-bond donors (Lipinski definition) is 1. The smallest absolute Gasteiger partial charge is 0.269 e. The number of hydrogen-bond acceptors (Lipinski definition) is 4. The summed E-state index contributed by atoms with van der Waals surface area (Å²) in [6.45, 7) is 0.166. The van der Waals surface area contributed by atoms with Gasteiger partial charge in [0.2, 0.25) is 6.10 Å². The van der Waals surface area contributed by atoms with Crippen LogP contribution in [0.2, 0.25) is 0 Å². The van der Waals surface area contributed by atoms with E-state index in [0.29, 0.717) is 17.2 Å². The molecule has 4 aromatic rings. The summed E-state index contributed by atoms with van der Waals surface area (Å²) in [5, 5.41) is 2.96. The number of nitrogens with one attached hydrogen (secondary N) is 1. The van der Waals surface area contributed by atoms with Crippen molar-refractivity contribution in [1.29, 1.82) is 0 Å². The molecule has 0 spiro atoms. The number of ether oxygens (including phenoxy) is 2. The molecule has 0 fully saturated rings. The molecule has 1 aliphatic rings. The molecular formula is C22H17N3O3. The highest BCUT2D eigenvalue weighted by atomic mass is 16.6. The highest BCUT2D eigenvalue weighted by molar-refractivity contribution is 5.98. The minimum atomic E-state index is -0.718. The van der Waals surface area contributed by atoms with Crippen molar-refractivity contribution in [2.75, 3.05) is 11.9 Å². The van der Waals surface area contributed by atoms with E-state index in [1.165, 1.54) is 0 Å². The van der Waals surface area contributed by atoms with E-state index in [9.17, 15) is 4.79 Å². The molecule has 6 nitrogen and oxygen atoms in total. The van der Waals surface area contributed by atoms with Gasteiger partial charge in [-0.25, -0.2) is 4.98 Å². The Labute approximate surface area is 161 Å². The maximum Gasteiger partial charge on any atom is 0.269 e. The Morgan fingerprint density at radius 2 is 1.79 bits per heavy atom. The molecular weight excluding hydrogens is 354 g/mol. The van der Waals surface area contributed by atoms with Crippen molar-refractivity contribution in [3.05, 3.63) is 79.1 Å². The number of amides is 1. The summed E-state index contributed by atoms with van der Waals surface area (Å²) >= 11 is 0. The summed E-state index contributed by atoms with van der Waals surface area (Å²) in [6, 6.07) is 20.8. The first-order valence-corrected chi connectivity index (χ1v) is 9.00. The molecule has 0 saturated heterocycles. The van der Waals surface area contributed by atoms with E-state index >= 15 is 0 Å². The molecule has 2 aromatic heterocycles. The highest BCUT2D eigenvalue weighted by Crippen LogP contribution is 2.32. The molecule has 28 heavy (non-hydrogen) atoms. The number of para-hydroxylation sites is 3. The van der Waals surface area contributed by atoms with Crippen molar-refractivity contribution in [3.8, 4) is 22.8 Å². The van der Waals surface area contributed by atoms with Crippen molar-refractivity contribution >= 4 is 17.2 Å². The number of anilines is 1. The standard InChI is InChI=1S/C22H17N3O3/c26-22(20-14-27-18-9-3-4-10-19(18)28-20)24-16-8-2-1-7-15(16)17-13-25-12-6-5-11-21(25)23-17/h1-13,20H,14H2,(H,24,26). The molecule has 1 N–H and O–H groups in total. The Morgan fingerprint density at radius 3 is 2.68 bits per heavy atom. The molecule has 0 bridgehead atoms. The number of carbonyl (C=O) groups excluding carboxylic acids is 1. The van der Waals surface area contributed by atoms with Crippen molar-refractivity contribution in [3.63, 3.8) is 0 Å². The molecule has 0 saturated carbocycles. The van der Waals surface area contributed by atoms with Crippen molar-refractivity contribution in [2.45, 2.75) is 6.10 Å². The Hall–Kier alpha value is -3.80. The van der Waals surface area contributed by atoms with Crippen LogP contribution < -0.4 is 14.8 Å². The van der Waals surface area contributed by atoms with E-state index in [1.54, 1.807) is 6.07 Å². The summed E-state index contributed by atoms with van der Waals surface area (Å²) < 4.78 is 13.4. The molecule has 1 atom stereocenters. The average molecular weight is 371 g/mol. The van der Waals surface area contributed by atoms with Crippen LogP contribution in [0.25, 0.3) is 16.9 Å². The van der Waals surface area contributed by atoms with E-state index in [-0.39, 0.29) is 12.5 Å². The number of pyridine rings is 1. The maximum atomic E-state index is 12.8. The fourth-order valence-electron chi connectivity index (χ4n) is 3.24. The van der Waals surface area contributed by atoms with E-state index in [2.05, 4.69) is 10.3 Å². The molecule has 138 valence electrons. The molecule has 5 rings (SSSR count). The Bertz CT molecular complexity index is 1140. The fourth-order valence-corrected chi connectivity index (χ4v) is 3.24. The minimum absolute atomic E-state index is 0.166. The van der Waals surface area contributed by atoms with Crippen LogP contribution in [0.4, 0.5) is 5.69 Å². The summed E-state index contributed by atoms with van der Waals surface area (Å²) in [4.78, 5) is 17.4. The fraction of sp³-hybridized carbons (Fsp3) is 0.0909. The van der Waals surface area contributed by atoms with Crippen LogP contribution in [-0.2, 0) is 4.79 Å². The molecule has 0 aliphatic carbocycles. The van der Waals surface area contributed by atoms with Crippen LogP contribution in [0, 0.1) is 0 Å². The van der Waals surface area contributed by atoms with Gasteiger partial charge in [0.1, 0.15) is 12.3 Å². The lowest BCUT2D eigenvalue weighted by atomic mass is 10.1. The van der Waals surface area contributed by atoms with E-state index in [4.69, 9.17) is 9.47 Å². The van der Waals surface area contributed by atoms with Crippen molar-refractivity contribution in [1.82, 2.24) is 9.38 Å². The molecule has 0 radical (unpaired) electrons. The van der Waals surface area contributed by atoms with Crippen LogP contribution in [0.3, 0.4) is 0 Å². The largest absolute Gasteiger partial charge is 0.485 e. The number of fused-ring (bicyclic) bond motifs is 2. The zero-order valence-electron chi connectivity index (χ0n) is 14.9. The van der Waals surface area contributed by atoms with Gasteiger partial charge in [-0.05, 0) is 30.3 Å². The van der Waals surface area contributed by atoms with E-state index in [0.717, 1.165) is 16.9 Å². The number of aromatic nitrogens is 2. The predicted octanol–water partition coefficient (Wildman–Crippen LogP) is 3.78. The lowest BCUT2D eigenvalue weighted by Gasteiger charge is -2.25. The second-order valence-corrected chi connectivity index (χ2v) is 6.49. The number of rotatable bonds is 3. The molecule has 1 aliphatic heterocycles. The van der Waals surface area contributed by atoms with Crippen LogP contribution in [0.1, 0.15) is 0 Å². The predicted molar refractivity (Wildman–Crippen MR) is 106 cm³/mol.